The molecule has 0 saturated carbocycles. The minimum absolute atomic E-state index is 0.124. The summed E-state index contributed by atoms with van der Waals surface area (Å²) in [5.74, 6) is -0.214. The molecule has 0 atom stereocenters. The van der Waals surface area contributed by atoms with Crippen LogP contribution in [-0.4, -0.2) is 43.5 Å². The zero-order valence-electron chi connectivity index (χ0n) is 14.9. The van der Waals surface area contributed by atoms with Crippen LogP contribution in [0.1, 0.15) is 39.1 Å². The Bertz CT molecular complexity index is 856. The summed E-state index contributed by atoms with van der Waals surface area (Å²) < 4.78 is 4.92. The second-order valence-electron chi connectivity index (χ2n) is 6.75. The summed E-state index contributed by atoms with van der Waals surface area (Å²) in [6.07, 6.45) is 3.04. The summed E-state index contributed by atoms with van der Waals surface area (Å²) in [6, 6.07) is 13.4. The third kappa shape index (κ3) is 2.83. The average molecular weight is 350 g/mol. The SMILES string of the molecule is COC(=O)c1ccccc1N1CCc2cc(C(=O)N3CCCC3)ccc21. The quantitative estimate of drug-likeness (QED) is 0.796. The van der Waals surface area contributed by atoms with Gasteiger partial charge < -0.3 is 14.5 Å². The van der Waals surface area contributed by atoms with E-state index in [4.69, 9.17) is 4.74 Å². The number of hydrogen-bond acceptors (Lipinski definition) is 4. The summed E-state index contributed by atoms with van der Waals surface area (Å²) >= 11 is 0. The van der Waals surface area contributed by atoms with E-state index in [-0.39, 0.29) is 11.9 Å². The highest BCUT2D eigenvalue weighted by Crippen LogP contribution is 2.37. The average Bonchev–Trinajstić information content (AvgIpc) is 3.36. The van der Waals surface area contributed by atoms with Crippen molar-refractivity contribution in [2.45, 2.75) is 19.3 Å². The van der Waals surface area contributed by atoms with E-state index in [1.807, 2.05) is 41.3 Å². The molecule has 2 aliphatic rings. The Labute approximate surface area is 153 Å². The van der Waals surface area contributed by atoms with E-state index in [1.165, 1.54) is 7.11 Å². The fourth-order valence-corrected chi connectivity index (χ4v) is 3.88. The van der Waals surface area contributed by atoms with Crippen molar-refractivity contribution >= 4 is 23.3 Å². The first-order valence-corrected chi connectivity index (χ1v) is 9.06. The van der Waals surface area contributed by atoms with Gasteiger partial charge in [-0.1, -0.05) is 12.1 Å². The lowest BCUT2D eigenvalue weighted by molar-refractivity contribution is 0.0601. The molecule has 4 rings (SSSR count). The Hall–Kier alpha value is -2.82. The monoisotopic (exact) mass is 350 g/mol. The standard InChI is InChI=1S/C21H22N2O3/c1-26-21(25)17-6-2-3-7-19(17)23-13-10-15-14-16(8-9-18(15)23)20(24)22-11-4-5-12-22/h2-3,6-9,14H,4-5,10-13H2,1H3. The fraction of sp³-hybridized carbons (Fsp3) is 0.333. The van der Waals surface area contributed by atoms with Crippen LogP contribution in [0, 0.1) is 0 Å². The Kier molecular flexibility index (Phi) is 4.37. The van der Waals surface area contributed by atoms with Crippen LogP contribution in [0.3, 0.4) is 0 Å². The number of hydrogen-bond donors (Lipinski definition) is 0. The van der Waals surface area contributed by atoms with Crippen molar-refractivity contribution in [3.8, 4) is 0 Å². The number of amides is 1. The first kappa shape index (κ1) is 16.6. The lowest BCUT2D eigenvalue weighted by Gasteiger charge is -2.22. The lowest BCUT2D eigenvalue weighted by Crippen LogP contribution is -2.27. The zero-order valence-corrected chi connectivity index (χ0v) is 14.9. The number of para-hydroxylation sites is 1. The van der Waals surface area contributed by atoms with Gasteiger partial charge in [0.25, 0.3) is 5.91 Å². The van der Waals surface area contributed by atoms with Gasteiger partial charge in [0.05, 0.1) is 18.4 Å². The number of fused-ring (bicyclic) bond motifs is 1. The molecule has 0 radical (unpaired) electrons. The second kappa shape index (κ2) is 6.83. The molecule has 1 amide bonds. The molecule has 0 N–H and O–H groups in total. The number of likely N-dealkylation sites (tertiary alicyclic amines) is 1. The maximum Gasteiger partial charge on any atom is 0.339 e. The molecular weight excluding hydrogens is 328 g/mol. The van der Waals surface area contributed by atoms with Gasteiger partial charge in [-0.25, -0.2) is 4.79 Å². The first-order valence-electron chi connectivity index (χ1n) is 9.06. The summed E-state index contributed by atoms with van der Waals surface area (Å²) in [5, 5.41) is 0. The molecular formula is C21H22N2O3. The highest BCUT2D eigenvalue weighted by molar-refractivity contribution is 5.98. The molecule has 0 aromatic heterocycles. The number of carbonyl (C=O) groups excluding carboxylic acids is 2. The highest BCUT2D eigenvalue weighted by atomic mass is 16.5. The van der Waals surface area contributed by atoms with Crippen molar-refractivity contribution in [1.29, 1.82) is 0 Å². The number of nitrogens with zero attached hydrogens (tertiary/aromatic N) is 2. The summed E-state index contributed by atoms with van der Waals surface area (Å²) in [6.45, 7) is 2.49. The normalized spacial score (nSPS) is 15.9. The Balaban J connectivity index is 1.65. The molecule has 1 saturated heterocycles. The van der Waals surface area contributed by atoms with Gasteiger partial charge in [0.2, 0.25) is 0 Å². The molecule has 0 spiro atoms. The summed E-state index contributed by atoms with van der Waals surface area (Å²) in [5.41, 5.74) is 4.36. The minimum Gasteiger partial charge on any atom is -0.465 e. The van der Waals surface area contributed by atoms with Crippen molar-refractivity contribution < 1.29 is 14.3 Å². The number of benzene rings is 2. The van der Waals surface area contributed by atoms with E-state index in [2.05, 4.69) is 4.90 Å². The Morgan fingerprint density at radius 3 is 2.50 bits per heavy atom. The molecule has 0 bridgehead atoms. The molecule has 5 heteroatoms. The van der Waals surface area contributed by atoms with Crippen molar-refractivity contribution in [3.05, 3.63) is 59.2 Å². The van der Waals surface area contributed by atoms with E-state index in [1.54, 1.807) is 6.07 Å². The van der Waals surface area contributed by atoms with Crippen LogP contribution in [0.4, 0.5) is 11.4 Å². The molecule has 26 heavy (non-hydrogen) atoms. The third-order valence-corrected chi connectivity index (χ3v) is 5.22. The van der Waals surface area contributed by atoms with Crippen molar-refractivity contribution in [3.63, 3.8) is 0 Å². The van der Waals surface area contributed by atoms with Gasteiger partial charge in [-0.2, -0.15) is 0 Å². The topological polar surface area (TPSA) is 49.9 Å². The Morgan fingerprint density at radius 2 is 1.73 bits per heavy atom. The van der Waals surface area contributed by atoms with E-state index in [9.17, 15) is 9.59 Å². The van der Waals surface area contributed by atoms with Crippen molar-refractivity contribution in [2.75, 3.05) is 31.6 Å². The van der Waals surface area contributed by atoms with Crippen LogP contribution in [0.25, 0.3) is 0 Å². The van der Waals surface area contributed by atoms with Gasteiger partial charge in [-0.05, 0) is 55.2 Å². The summed E-state index contributed by atoms with van der Waals surface area (Å²) in [7, 11) is 1.40. The van der Waals surface area contributed by atoms with E-state index < -0.39 is 0 Å². The number of carbonyl (C=O) groups is 2. The predicted molar refractivity (Wildman–Crippen MR) is 100 cm³/mol. The largest absolute Gasteiger partial charge is 0.465 e. The number of esters is 1. The van der Waals surface area contributed by atoms with Gasteiger partial charge in [-0.15, -0.1) is 0 Å². The van der Waals surface area contributed by atoms with Crippen LogP contribution in [-0.2, 0) is 11.2 Å². The fourth-order valence-electron chi connectivity index (χ4n) is 3.88. The van der Waals surface area contributed by atoms with E-state index in [0.717, 1.165) is 61.4 Å². The second-order valence-corrected chi connectivity index (χ2v) is 6.75. The number of rotatable bonds is 3. The molecule has 0 aliphatic carbocycles. The van der Waals surface area contributed by atoms with E-state index in [0.29, 0.717) is 5.56 Å². The molecule has 2 heterocycles. The van der Waals surface area contributed by atoms with Crippen molar-refractivity contribution in [1.82, 2.24) is 4.90 Å². The molecule has 0 unspecified atom stereocenters. The van der Waals surface area contributed by atoms with Gasteiger partial charge in [0.1, 0.15) is 0 Å². The summed E-state index contributed by atoms with van der Waals surface area (Å²) in [4.78, 5) is 28.8. The third-order valence-electron chi connectivity index (χ3n) is 5.22. The van der Waals surface area contributed by atoms with Gasteiger partial charge >= 0.3 is 5.97 Å². The van der Waals surface area contributed by atoms with Crippen LogP contribution in [0.15, 0.2) is 42.5 Å². The smallest absolute Gasteiger partial charge is 0.339 e. The van der Waals surface area contributed by atoms with Crippen LogP contribution in [0.5, 0.6) is 0 Å². The maximum atomic E-state index is 12.6. The molecule has 2 aliphatic heterocycles. The van der Waals surface area contributed by atoms with Crippen LogP contribution < -0.4 is 4.90 Å². The van der Waals surface area contributed by atoms with Crippen LogP contribution >= 0.6 is 0 Å². The van der Waals surface area contributed by atoms with Gasteiger partial charge in [0, 0.05) is 30.9 Å². The first-order chi connectivity index (χ1) is 12.7. The minimum atomic E-state index is -0.338. The molecule has 2 aromatic carbocycles. The number of ether oxygens (including phenoxy) is 1. The van der Waals surface area contributed by atoms with Crippen molar-refractivity contribution in [2.24, 2.45) is 0 Å². The lowest BCUT2D eigenvalue weighted by atomic mass is 10.1. The molecule has 2 aromatic rings. The number of methoxy groups -OCH3 is 1. The maximum absolute atomic E-state index is 12.6. The molecule has 5 nitrogen and oxygen atoms in total. The number of anilines is 2. The van der Waals surface area contributed by atoms with Crippen LogP contribution in [0.2, 0.25) is 0 Å². The zero-order chi connectivity index (χ0) is 18.1. The molecule has 1 fully saturated rings. The van der Waals surface area contributed by atoms with Gasteiger partial charge in [-0.3, -0.25) is 4.79 Å². The molecule has 134 valence electrons. The Morgan fingerprint density at radius 1 is 0.962 bits per heavy atom. The highest BCUT2D eigenvalue weighted by Gasteiger charge is 2.26. The van der Waals surface area contributed by atoms with E-state index >= 15 is 0 Å². The van der Waals surface area contributed by atoms with Gasteiger partial charge in [0.15, 0.2) is 0 Å². The predicted octanol–water partition coefficient (Wildman–Crippen LogP) is 3.40.